The van der Waals surface area contributed by atoms with Crippen molar-refractivity contribution in [2.24, 2.45) is 35.5 Å². The van der Waals surface area contributed by atoms with Gasteiger partial charge in [-0.3, -0.25) is 29.0 Å². The summed E-state index contributed by atoms with van der Waals surface area (Å²) in [5.41, 5.74) is 0. The SMILES string of the molecule is O=C1[C@@H]2C3C=CC([C@H]4C(=O)N(C5CC5)C(=O)[C@@H]34)[C@@H]2C(=O)N1C1CC1. The number of hydrogen-bond acceptors (Lipinski definition) is 4. The lowest BCUT2D eigenvalue weighted by atomic mass is 9.54. The second-order valence-corrected chi connectivity index (χ2v) is 8.20. The quantitative estimate of drug-likeness (QED) is 0.541. The van der Waals surface area contributed by atoms with Crippen molar-refractivity contribution in [2.45, 2.75) is 37.8 Å². The maximum atomic E-state index is 12.9. The second kappa shape index (κ2) is 3.98. The average molecular weight is 326 g/mol. The summed E-state index contributed by atoms with van der Waals surface area (Å²) in [4.78, 5) is 54.5. The molecule has 6 heteroatoms. The predicted molar refractivity (Wildman–Crippen MR) is 79.8 cm³/mol. The molecule has 0 aromatic rings. The summed E-state index contributed by atoms with van der Waals surface area (Å²) in [6.07, 6.45) is 7.44. The summed E-state index contributed by atoms with van der Waals surface area (Å²) in [6.45, 7) is 0. The van der Waals surface area contributed by atoms with Crippen LogP contribution in [0, 0.1) is 35.5 Å². The van der Waals surface area contributed by atoms with Crippen molar-refractivity contribution in [3.8, 4) is 0 Å². The number of imide groups is 2. The van der Waals surface area contributed by atoms with E-state index in [0.29, 0.717) is 0 Å². The van der Waals surface area contributed by atoms with Crippen molar-refractivity contribution in [2.75, 3.05) is 0 Å². The van der Waals surface area contributed by atoms with E-state index >= 15 is 0 Å². The molecule has 5 aliphatic carbocycles. The van der Waals surface area contributed by atoms with Gasteiger partial charge in [0.15, 0.2) is 0 Å². The maximum absolute atomic E-state index is 12.9. The van der Waals surface area contributed by atoms with Crippen LogP contribution in [0.1, 0.15) is 25.7 Å². The molecule has 0 radical (unpaired) electrons. The molecule has 2 unspecified atom stereocenters. The number of hydrogen-bond donors (Lipinski definition) is 0. The van der Waals surface area contributed by atoms with Crippen molar-refractivity contribution in [1.82, 2.24) is 9.80 Å². The number of carbonyl (C=O) groups excluding carboxylic acids is 4. The Labute approximate surface area is 138 Å². The van der Waals surface area contributed by atoms with Crippen LogP contribution in [0.4, 0.5) is 0 Å². The Morgan fingerprint density at radius 1 is 0.583 bits per heavy atom. The molecule has 2 bridgehead atoms. The van der Waals surface area contributed by atoms with Crippen molar-refractivity contribution >= 4 is 23.6 Å². The van der Waals surface area contributed by atoms with E-state index in [1.807, 2.05) is 12.2 Å². The van der Waals surface area contributed by atoms with E-state index in [1.54, 1.807) is 0 Å². The lowest BCUT2D eigenvalue weighted by Gasteiger charge is -2.44. The Kier molecular flexibility index (Phi) is 2.21. The molecule has 7 aliphatic rings. The van der Waals surface area contributed by atoms with Crippen molar-refractivity contribution in [3.05, 3.63) is 12.2 Å². The fraction of sp³-hybridized carbons (Fsp3) is 0.667. The molecule has 2 heterocycles. The number of likely N-dealkylation sites (tertiary alicyclic amines) is 2. The van der Waals surface area contributed by atoms with Gasteiger partial charge in [-0.25, -0.2) is 0 Å². The first kappa shape index (κ1) is 13.3. The van der Waals surface area contributed by atoms with Gasteiger partial charge in [-0.1, -0.05) is 12.2 Å². The molecule has 2 aliphatic heterocycles. The van der Waals surface area contributed by atoms with Crippen LogP contribution in [0.25, 0.3) is 0 Å². The fourth-order valence-electron chi connectivity index (χ4n) is 5.66. The van der Waals surface area contributed by atoms with E-state index in [0.717, 1.165) is 25.7 Å². The van der Waals surface area contributed by atoms with Crippen molar-refractivity contribution in [1.29, 1.82) is 0 Å². The van der Waals surface area contributed by atoms with Gasteiger partial charge in [-0.15, -0.1) is 0 Å². The molecule has 0 N–H and O–H groups in total. The Morgan fingerprint density at radius 3 is 1.12 bits per heavy atom. The highest BCUT2D eigenvalue weighted by Crippen LogP contribution is 2.59. The van der Waals surface area contributed by atoms with Crippen LogP contribution < -0.4 is 0 Å². The highest BCUT2D eigenvalue weighted by molar-refractivity contribution is 6.11. The first-order chi connectivity index (χ1) is 11.6. The van der Waals surface area contributed by atoms with Gasteiger partial charge in [0, 0.05) is 23.9 Å². The van der Waals surface area contributed by atoms with Crippen LogP contribution in [0.15, 0.2) is 12.2 Å². The highest BCUT2D eigenvalue weighted by Gasteiger charge is 2.70. The number of carbonyl (C=O) groups is 4. The molecule has 3 saturated carbocycles. The van der Waals surface area contributed by atoms with E-state index in [9.17, 15) is 19.2 Å². The zero-order valence-electron chi connectivity index (χ0n) is 13.1. The molecular weight excluding hydrogens is 308 g/mol. The number of nitrogens with zero attached hydrogens (tertiary/aromatic N) is 2. The third-order valence-electron chi connectivity index (χ3n) is 6.90. The Hall–Kier alpha value is -1.98. The van der Waals surface area contributed by atoms with E-state index < -0.39 is 23.7 Å². The van der Waals surface area contributed by atoms with E-state index in [1.165, 1.54) is 9.80 Å². The molecule has 24 heavy (non-hydrogen) atoms. The Bertz CT molecular complexity index is 644. The fourth-order valence-corrected chi connectivity index (χ4v) is 5.66. The van der Waals surface area contributed by atoms with Crippen LogP contribution in [0.3, 0.4) is 0 Å². The molecule has 5 fully saturated rings. The van der Waals surface area contributed by atoms with Crippen molar-refractivity contribution in [3.63, 3.8) is 0 Å². The zero-order chi connectivity index (χ0) is 16.3. The summed E-state index contributed by atoms with van der Waals surface area (Å²) in [5, 5.41) is 0. The third kappa shape index (κ3) is 1.36. The first-order valence-corrected chi connectivity index (χ1v) is 9.02. The predicted octanol–water partition coefficient (Wildman–Crippen LogP) is 0.329. The molecule has 4 amide bonds. The van der Waals surface area contributed by atoms with Gasteiger partial charge >= 0.3 is 0 Å². The van der Waals surface area contributed by atoms with E-state index in [2.05, 4.69) is 0 Å². The Morgan fingerprint density at radius 2 is 0.875 bits per heavy atom. The lowest BCUT2D eigenvalue weighted by Crippen LogP contribution is -2.50. The summed E-state index contributed by atoms with van der Waals surface area (Å²) in [5.74, 6) is -2.68. The van der Waals surface area contributed by atoms with Crippen LogP contribution in [-0.4, -0.2) is 45.5 Å². The van der Waals surface area contributed by atoms with Crippen LogP contribution in [0.2, 0.25) is 0 Å². The van der Waals surface area contributed by atoms with E-state index in [-0.39, 0.29) is 47.5 Å². The van der Waals surface area contributed by atoms with Crippen LogP contribution in [0.5, 0.6) is 0 Å². The van der Waals surface area contributed by atoms with Crippen LogP contribution >= 0.6 is 0 Å². The number of allylic oxidation sites excluding steroid dienone is 2. The molecule has 124 valence electrons. The van der Waals surface area contributed by atoms with Gasteiger partial charge in [0.25, 0.3) is 0 Å². The minimum absolute atomic E-state index is 0.0595. The number of amides is 4. The molecule has 2 saturated heterocycles. The minimum Gasteiger partial charge on any atom is -0.279 e. The van der Waals surface area contributed by atoms with Gasteiger partial charge in [-0.2, -0.15) is 0 Å². The minimum atomic E-state index is -0.426. The topological polar surface area (TPSA) is 74.8 Å². The number of rotatable bonds is 2. The monoisotopic (exact) mass is 326 g/mol. The lowest BCUT2D eigenvalue weighted by molar-refractivity contribution is -0.140. The third-order valence-corrected chi connectivity index (χ3v) is 6.90. The standard InChI is InChI=1S/C18H18N2O4/c21-15-11-9-5-6-10(12(11)16(22)19(15)7-1-2-7)14-13(9)17(23)20(18(14)24)8-3-4-8/h5-14H,1-4H2/t9?,10?,11-,12+,13+,14-. The highest BCUT2D eigenvalue weighted by atomic mass is 16.2. The first-order valence-electron chi connectivity index (χ1n) is 9.02. The van der Waals surface area contributed by atoms with Gasteiger partial charge < -0.3 is 0 Å². The maximum Gasteiger partial charge on any atom is 0.233 e. The van der Waals surface area contributed by atoms with Crippen LogP contribution in [-0.2, 0) is 19.2 Å². The second-order valence-electron chi connectivity index (χ2n) is 8.20. The Balaban J connectivity index is 1.44. The summed E-state index contributed by atoms with van der Waals surface area (Å²) in [7, 11) is 0. The molecular formula is C18H18N2O4. The normalized spacial score (nSPS) is 46.2. The largest absolute Gasteiger partial charge is 0.279 e. The zero-order valence-corrected chi connectivity index (χ0v) is 13.1. The molecule has 7 rings (SSSR count). The van der Waals surface area contributed by atoms with Gasteiger partial charge in [0.1, 0.15) is 0 Å². The van der Waals surface area contributed by atoms with Crippen molar-refractivity contribution < 1.29 is 19.2 Å². The summed E-state index contributed by atoms with van der Waals surface area (Å²) in [6, 6.07) is 0.119. The van der Waals surface area contributed by atoms with E-state index in [4.69, 9.17) is 0 Å². The molecule has 0 aromatic heterocycles. The smallest absolute Gasteiger partial charge is 0.233 e. The molecule has 0 aromatic carbocycles. The summed E-state index contributed by atoms with van der Waals surface area (Å²) < 4.78 is 0. The molecule has 6 nitrogen and oxygen atoms in total. The van der Waals surface area contributed by atoms with Gasteiger partial charge in [0.05, 0.1) is 23.7 Å². The molecule has 0 spiro atoms. The van der Waals surface area contributed by atoms with Gasteiger partial charge in [0.2, 0.25) is 23.6 Å². The summed E-state index contributed by atoms with van der Waals surface area (Å²) >= 11 is 0. The van der Waals surface area contributed by atoms with Gasteiger partial charge in [-0.05, 0) is 25.7 Å². The average Bonchev–Trinajstić information content (AvgIpc) is 3.48. The molecule has 6 atom stereocenters.